The maximum Gasteiger partial charge on any atom is 0.214 e. The summed E-state index contributed by atoms with van der Waals surface area (Å²) in [5.74, 6) is 0.956. The number of thiazole rings is 1. The zero-order chi connectivity index (χ0) is 22.4. The summed E-state index contributed by atoms with van der Waals surface area (Å²) in [5.41, 5.74) is 4.26. The molecule has 2 aromatic rings. The molecule has 1 aliphatic heterocycles. The van der Waals surface area contributed by atoms with Gasteiger partial charge in [-0.05, 0) is 50.5 Å². The van der Waals surface area contributed by atoms with Gasteiger partial charge in [-0.1, -0.05) is 6.07 Å². The van der Waals surface area contributed by atoms with E-state index in [-0.39, 0.29) is 5.75 Å². The number of benzene rings is 1. The van der Waals surface area contributed by atoms with Gasteiger partial charge in [0.1, 0.15) is 17.4 Å². The maximum absolute atomic E-state index is 12.6. The van der Waals surface area contributed by atoms with Gasteiger partial charge in [-0.2, -0.15) is 4.31 Å². The van der Waals surface area contributed by atoms with E-state index in [4.69, 9.17) is 9.47 Å². The van der Waals surface area contributed by atoms with Gasteiger partial charge >= 0.3 is 0 Å². The Hall–Kier alpha value is -1.52. The van der Waals surface area contributed by atoms with E-state index in [1.54, 1.807) is 11.2 Å². The second-order valence-electron chi connectivity index (χ2n) is 7.91. The van der Waals surface area contributed by atoms with Crippen LogP contribution in [0.15, 0.2) is 17.5 Å². The van der Waals surface area contributed by atoms with Gasteiger partial charge in [0.05, 0.1) is 31.2 Å². The van der Waals surface area contributed by atoms with Gasteiger partial charge in [-0.3, -0.25) is 4.90 Å². The van der Waals surface area contributed by atoms with Crippen LogP contribution in [0.2, 0.25) is 0 Å². The average Bonchev–Trinajstić information content (AvgIpc) is 3.20. The highest BCUT2D eigenvalue weighted by Gasteiger charge is 2.23. The van der Waals surface area contributed by atoms with Gasteiger partial charge in [0.15, 0.2) is 0 Å². The highest BCUT2D eigenvalue weighted by Crippen LogP contribution is 2.25. The number of morpholine rings is 1. The van der Waals surface area contributed by atoms with E-state index in [0.29, 0.717) is 39.5 Å². The van der Waals surface area contributed by atoms with E-state index in [1.807, 2.05) is 11.4 Å². The topological polar surface area (TPSA) is 72.0 Å². The zero-order valence-corrected chi connectivity index (χ0v) is 20.5. The third-order valence-corrected chi connectivity index (χ3v) is 8.28. The molecule has 31 heavy (non-hydrogen) atoms. The lowest BCUT2D eigenvalue weighted by atomic mass is 10.1. The first-order chi connectivity index (χ1) is 14.8. The second-order valence-corrected chi connectivity index (χ2v) is 11.1. The Kier molecular flexibility index (Phi) is 8.46. The Labute approximate surface area is 190 Å². The van der Waals surface area contributed by atoms with E-state index < -0.39 is 10.0 Å². The fourth-order valence-corrected chi connectivity index (χ4v) is 5.29. The van der Waals surface area contributed by atoms with E-state index in [9.17, 15) is 8.42 Å². The van der Waals surface area contributed by atoms with Gasteiger partial charge < -0.3 is 9.47 Å². The highest BCUT2D eigenvalue weighted by molar-refractivity contribution is 7.89. The Morgan fingerprint density at radius 3 is 2.68 bits per heavy atom. The molecule has 3 rings (SSSR count). The average molecular weight is 468 g/mol. The summed E-state index contributed by atoms with van der Waals surface area (Å²) in [5, 5.41) is 2.77. The molecule has 0 amide bonds. The standard InChI is InChI=1S/C22H33N3O4S2/c1-5-31(26,27)25(7-6-24-8-10-28-11-9-24)14-20-16-30-22(23-20)15-29-21-13-17(2)12-18(3)19(21)4/h12-13,16H,5-11,14-15H2,1-4H3. The lowest BCUT2D eigenvalue weighted by molar-refractivity contribution is 0.0361. The first-order valence-corrected chi connectivity index (χ1v) is 13.2. The van der Waals surface area contributed by atoms with E-state index in [2.05, 4.69) is 36.7 Å². The molecule has 1 saturated heterocycles. The molecule has 0 bridgehead atoms. The minimum Gasteiger partial charge on any atom is -0.486 e. The molecular weight excluding hydrogens is 434 g/mol. The first kappa shape index (κ1) is 24.1. The Balaban J connectivity index is 1.62. The van der Waals surface area contributed by atoms with Crippen LogP contribution in [0.4, 0.5) is 0 Å². The van der Waals surface area contributed by atoms with Crippen LogP contribution in [0, 0.1) is 20.8 Å². The van der Waals surface area contributed by atoms with Crippen molar-refractivity contribution >= 4 is 21.4 Å². The molecule has 1 aromatic heterocycles. The zero-order valence-electron chi connectivity index (χ0n) is 18.9. The normalized spacial score (nSPS) is 15.5. The molecule has 0 aliphatic carbocycles. The molecule has 0 unspecified atom stereocenters. The number of sulfonamides is 1. The van der Waals surface area contributed by atoms with E-state index in [0.717, 1.165) is 35.1 Å². The molecule has 172 valence electrons. The maximum atomic E-state index is 12.6. The lowest BCUT2D eigenvalue weighted by Gasteiger charge is -2.29. The van der Waals surface area contributed by atoms with Gasteiger partial charge in [-0.25, -0.2) is 13.4 Å². The summed E-state index contributed by atoms with van der Waals surface area (Å²) >= 11 is 1.50. The molecule has 0 radical (unpaired) electrons. The van der Waals surface area contributed by atoms with E-state index in [1.165, 1.54) is 22.5 Å². The van der Waals surface area contributed by atoms with Crippen molar-refractivity contribution in [2.24, 2.45) is 0 Å². The first-order valence-electron chi connectivity index (χ1n) is 10.7. The SMILES string of the molecule is CCS(=O)(=O)N(CCN1CCOCC1)Cc1csc(COc2cc(C)cc(C)c2C)n1. The molecule has 1 fully saturated rings. The van der Waals surface area contributed by atoms with Crippen LogP contribution < -0.4 is 4.74 Å². The fraction of sp³-hybridized carbons (Fsp3) is 0.591. The molecule has 0 saturated carbocycles. The Morgan fingerprint density at radius 1 is 1.23 bits per heavy atom. The van der Waals surface area contributed by atoms with Crippen molar-refractivity contribution < 1.29 is 17.9 Å². The molecule has 7 nitrogen and oxygen atoms in total. The number of rotatable bonds is 10. The number of ether oxygens (including phenoxy) is 2. The van der Waals surface area contributed by atoms with Crippen molar-refractivity contribution in [3.8, 4) is 5.75 Å². The summed E-state index contributed by atoms with van der Waals surface area (Å²) in [7, 11) is -3.31. The van der Waals surface area contributed by atoms with Gasteiger partial charge in [0.25, 0.3) is 0 Å². The number of hydrogen-bond donors (Lipinski definition) is 0. The molecule has 1 aromatic carbocycles. The van der Waals surface area contributed by atoms with Gasteiger partial charge in [-0.15, -0.1) is 11.3 Å². The van der Waals surface area contributed by atoms with Crippen molar-refractivity contribution in [3.05, 3.63) is 44.9 Å². The smallest absolute Gasteiger partial charge is 0.214 e. The van der Waals surface area contributed by atoms with Crippen molar-refractivity contribution in [1.29, 1.82) is 0 Å². The summed E-state index contributed by atoms with van der Waals surface area (Å²) in [6.07, 6.45) is 0. The lowest BCUT2D eigenvalue weighted by Crippen LogP contribution is -2.43. The predicted molar refractivity (Wildman–Crippen MR) is 124 cm³/mol. The monoisotopic (exact) mass is 467 g/mol. The fourth-order valence-electron chi connectivity index (χ4n) is 3.54. The van der Waals surface area contributed by atoms with Crippen LogP contribution in [0.25, 0.3) is 0 Å². The van der Waals surface area contributed by atoms with Crippen molar-refractivity contribution in [2.75, 3.05) is 45.1 Å². The third kappa shape index (κ3) is 6.73. The minimum atomic E-state index is -3.31. The summed E-state index contributed by atoms with van der Waals surface area (Å²) in [6, 6.07) is 4.18. The van der Waals surface area contributed by atoms with Crippen LogP contribution in [0.5, 0.6) is 5.75 Å². The van der Waals surface area contributed by atoms with Crippen LogP contribution in [0.3, 0.4) is 0 Å². The van der Waals surface area contributed by atoms with Gasteiger partial charge in [0, 0.05) is 31.6 Å². The van der Waals surface area contributed by atoms with Crippen LogP contribution >= 0.6 is 11.3 Å². The minimum absolute atomic E-state index is 0.0855. The third-order valence-electron chi connectivity index (χ3n) is 5.58. The number of aryl methyl sites for hydroxylation is 2. The van der Waals surface area contributed by atoms with Crippen molar-refractivity contribution in [1.82, 2.24) is 14.2 Å². The summed E-state index contributed by atoms with van der Waals surface area (Å²) < 4.78 is 38.2. The van der Waals surface area contributed by atoms with Crippen LogP contribution in [-0.2, 0) is 27.9 Å². The highest BCUT2D eigenvalue weighted by atomic mass is 32.2. The Bertz CT molecular complexity index is 969. The molecular formula is C22H33N3O4S2. The molecule has 0 atom stereocenters. The largest absolute Gasteiger partial charge is 0.486 e. The molecule has 0 N–H and O–H groups in total. The number of nitrogens with zero attached hydrogens (tertiary/aromatic N) is 3. The number of hydrogen-bond acceptors (Lipinski definition) is 7. The predicted octanol–water partition coefficient (Wildman–Crippen LogP) is 3.13. The molecule has 9 heteroatoms. The van der Waals surface area contributed by atoms with Crippen LogP contribution in [-0.4, -0.2) is 67.8 Å². The molecule has 1 aliphatic rings. The van der Waals surface area contributed by atoms with E-state index >= 15 is 0 Å². The quantitative estimate of drug-likeness (QED) is 0.535. The van der Waals surface area contributed by atoms with Crippen molar-refractivity contribution in [3.63, 3.8) is 0 Å². The van der Waals surface area contributed by atoms with Crippen molar-refractivity contribution in [2.45, 2.75) is 40.8 Å². The summed E-state index contributed by atoms with van der Waals surface area (Å²) in [4.78, 5) is 6.88. The summed E-state index contributed by atoms with van der Waals surface area (Å²) in [6.45, 7) is 12.8. The Morgan fingerprint density at radius 2 is 1.97 bits per heavy atom. The molecule has 2 heterocycles. The second kappa shape index (κ2) is 10.9. The number of aromatic nitrogens is 1. The molecule has 0 spiro atoms. The van der Waals surface area contributed by atoms with Crippen LogP contribution in [0.1, 0.15) is 34.3 Å². The van der Waals surface area contributed by atoms with Gasteiger partial charge in [0.2, 0.25) is 10.0 Å².